The van der Waals surface area contributed by atoms with Crippen LogP contribution in [0.2, 0.25) is 0 Å². The monoisotopic (exact) mass is 261 g/mol. The molecule has 0 saturated heterocycles. The fourth-order valence-electron chi connectivity index (χ4n) is 2.71. The number of anilines is 1. The highest BCUT2D eigenvalue weighted by molar-refractivity contribution is 5.89. The molecule has 1 saturated carbocycles. The van der Waals surface area contributed by atoms with E-state index in [1.54, 1.807) is 0 Å². The molecular formula is C16H23NO2. The van der Waals surface area contributed by atoms with Gasteiger partial charge in [0.1, 0.15) is 0 Å². The molecule has 3 nitrogen and oxygen atoms in total. The standard InChI is InChI=1S/C16H23NO2/c1-4-19-15(18)12-7-9-13(10-8-12)17-14-6-5-11-16(14,2)3/h7-10,14,17H,4-6,11H2,1-3H3. The highest BCUT2D eigenvalue weighted by atomic mass is 16.5. The number of ether oxygens (including phenoxy) is 1. The summed E-state index contributed by atoms with van der Waals surface area (Å²) in [6.45, 7) is 6.85. The molecule has 1 aromatic rings. The molecule has 104 valence electrons. The van der Waals surface area contributed by atoms with Crippen molar-refractivity contribution in [2.24, 2.45) is 5.41 Å². The van der Waals surface area contributed by atoms with E-state index in [-0.39, 0.29) is 5.97 Å². The van der Waals surface area contributed by atoms with Gasteiger partial charge in [0, 0.05) is 11.7 Å². The Balaban J connectivity index is 2.01. The summed E-state index contributed by atoms with van der Waals surface area (Å²) in [4.78, 5) is 11.6. The molecule has 0 amide bonds. The minimum absolute atomic E-state index is 0.254. The van der Waals surface area contributed by atoms with Crippen LogP contribution in [0, 0.1) is 5.41 Å². The van der Waals surface area contributed by atoms with Crippen molar-refractivity contribution in [1.29, 1.82) is 0 Å². The van der Waals surface area contributed by atoms with Crippen molar-refractivity contribution in [2.45, 2.75) is 46.1 Å². The molecule has 0 aromatic heterocycles. The maximum atomic E-state index is 11.6. The van der Waals surface area contributed by atoms with Crippen LogP contribution in [-0.4, -0.2) is 18.6 Å². The van der Waals surface area contributed by atoms with E-state index in [0.717, 1.165) is 5.69 Å². The van der Waals surface area contributed by atoms with E-state index in [0.29, 0.717) is 23.6 Å². The van der Waals surface area contributed by atoms with Gasteiger partial charge >= 0.3 is 5.97 Å². The van der Waals surface area contributed by atoms with Gasteiger partial charge in [-0.2, -0.15) is 0 Å². The number of hydrogen-bond acceptors (Lipinski definition) is 3. The Bertz CT molecular complexity index is 437. The minimum Gasteiger partial charge on any atom is -0.462 e. The fourth-order valence-corrected chi connectivity index (χ4v) is 2.71. The largest absolute Gasteiger partial charge is 0.462 e. The van der Waals surface area contributed by atoms with Crippen LogP contribution in [0.15, 0.2) is 24.3 Å². The molecule has 0 aliphatic heterocycles. The van der Waals surface area contributed by atoms with Crippen LogP contribution >= 0.6 is 0 Å². The zero-order valence-electron chi connectivity index (χ0n) is 12.0. The van der Waals surface area contributed by atoms with Crippen LogP contribution < -0.4 is 5.32 Å². The molecule has 1 aliphatic carbocycles. The second-order valence-corrected chi connectivity index (χ2v) is 5.88. The van der Waals surface area contributed by atoms with Crippen molar-refractivity contribution < 1.29 is 9.53 Å². The highest BCUT2D eigenvalue weighted by Gasteiger charge is 2.34. The van der Waals surface area contributed by atoms with Crippen molar-refractivity contribution in [2.75, 3.05) is 11.9 Å². The number of esters is 1. The number of benzene rings is 1. The van der Waals surface area contributed by atoms with Crippen LogP contribution in [0.3, 0.4) is 0 Å². The lowest BCUT2D eigenvalue weighted by atomic mass is 9.87. The molecular weight excluding hydrogens is 238 g/mol. The van der Waals surface area contributed by atoms with Crippen molar-refractivity contribution >= 4 is 11.7 Å². The number of rotatable bonds is 4. The molecule has 0 spiro atoms. The summed E-state index contributed by atoms with van der Waals surface area (Å²) in [5.74, 6) is -0.254. The van der Waals surface area contributed by atoms with E-state index >= 15 is 0 Å². The number of hydrogen-bond donors (Lipinski definition) is 1. The summed E-state index contributed by atoms with van der Waals surface area (Å²) in [5, 5.41) is 3.58. The van der Waals surface area contributed by atoms with E-state index in [1.165, 1.54) is 19.3 Å². The Kier molecular flexibility index (Phi) is 4.13. The zero-order chi connectivity index (χ0) is 13.9. The number of nitrogens with one attached hydrogen (secondary N) is 1. The fraction of sp³-hybridized carbons (Fsp3) is 0.562. The highest BCUT2D eigenvalue weighted by Crippen LogP contribution is 2.38. The molecule has 1 aromatic carbocycles. The Labute approximate surface area is 115 Å². The smallest absolute Gasteiger partial charge is 0.338 e. The van der Waals surface area contributed by atoms with Gasteiger partial charge in [-0.05, 0) is 49.4 Å². The third-order valence-electron chi connectivity index (χ3n) is 3.99. The summed E-state index contributed by atoms with van der Waals surface area (Å²) in [5.41, 5.74) is 2.03. The molecule has 1 aliphatic rings. The summed E-state index contributed by atoms with van der Waals surface area (Å²) in [6.07, 6.45) is 3.77. The molecule has 19 heavy (non-hydrogen) atoms. The second kappa shape index (κ2) is 5.64. The lowest BCUT2D eigenvalue weighted by Crippen LogP contribution is -2.30. The first kappa shape index (κ1) is 13.9. The topological polar surface area (TPSA) is 38.3 Å². The lowest BCUT2D eigenvalue weighted by Gasteiger charge is -2.28. The predicted octanol–water partition coefficient (Wildman–Crippen LogP) is 3.85. The lowest BCUT2D eigenvalue weighted by molar-refractivity contribution is 0.0526. The first-order valence-electron chi connectivity index (χ1n) is 7.06. The van der Waals surface area contributed by atoms with Gasteiger partial charge in [0.05, 0.1) is 12.2 Å². The third-order valence-corrected chi connectivity index (χ3v) is 3.99. The normalized spacial score (nSPS) is 21.1. The van der Waals surface area contributed by atoms with Crippen molar-refractivity contribution in [3.63, 3.8) is 0 Å². The zero-order valence-corrected chi connectivity index (χ0v) is 12.0. The molecule has 2 rings (SSSR count). The quantitative estimate of drug-likeness (QED) is 0.836. The van der Waals surface area contributed by atoms with Crippen molar-refractivity contribution in [3.05, 3.63) is 29.8 Å². The maximum Gasteiger partial charge on any atom is 0.338 e. The molecule has 0 heterocycles. The minimum atomic E-state index is -0.254. The average molecular weight is 261 g/mol. The van der Waals surface area contributed by atoms with E-state index in [2.05, 4.69) is 19.2 Å². The molecule has 0 radical (unpaired) electrons. The van der Waals surface area contributed by atoms with E-state index in [4.69, 9.17) is 4.74 Å². The van der Waals surface area contributed by atoms with Crippen LogP contribution in [-0.2, 0) is 4.74 Å². The molecule has 1 fully saturated rings. The van der Waals surface area contributed by atoms with Gasteiger partial charge < -0.3 is 10.1 Å². The van der Waals surface area contributed by atoms with Crippen LogP contribution in [0.4, 0.5) is 5.69 Å². The van der Waals surface area contributed by atoms with Gasteiger partial charge in [0.15, 0.2) is 0 Å². The average Bonchev–Trinajstić information content (AvgIpc) is 2.70. The Morgan fingerprint density at radius 3 is 2.58 bits per heavy atom. The molecule has 3 heteroatoms. The van der Waals surface area contributed by atoms with Gasteiger partial charge in [0.25, 0.3) is 0 Å². The van der Waals surface area contributed by atoms with E-state index in [9.17, 15) is 4.79 Å². The van der Waals surface area contributed by atoms with Gasteiger partial charge in [-0.3, -0.25) is 0 Å². The van der Waals surface area contributed by atoms with Gasteiger partial charge in [0.2, 0.25) is 0 Å². The first-order chi connectivity index (χ1) is 9.03. The summed E-state index contributed by atoms with van der Waals surface area (Å²) in [7, 11) is 0. The van der Waals surface area contributed by atoms with Crippen LogP contribution in [0.5, 0.6) is 0 Å². The Morgan fingerprint density at radius 2 is 2.05 bits per heavy atom. The maximum absolute atomic E-state index is 11.6. The van der Waals surface area contributed by atoms with Gasteiger partial charge in [-0.15, -0.1) is 0 Å². The van der Waals surface area contributed by atoms with Crippen molar-refractivity contribution in [1.82, 2.24) is 0 Å². The van der Waals surface area contributed by atoms with E-state index in [1.807, 2.05) is 31.2 Å². The second-order valence-electron chi connectivity index (χ2n) is 5.88. The number of carbonyl (C=O) groups is 1. The van der Waals surface area contributed by atoms with Gasteiger partial charge in [-0.25, -0.2) is 4.79 Å². The van der Waals surface area contributed by atoms with Gasteiger partial charge in [-0.1, -0.05) is 20.3 Å². The number of carbonyl (C=O) groups excluding carboxylic acids is 1. The Hall–Kier alpha value is -1.51. The molecule has 1 atom stereocenters. The summed E-state index contributed by atoms with van der Waals surface area (Å²) < 4.78 is 4.97. The predicted molar refractivity (Wildman–Crippen MR) is 77.4 cm³/mol. The van der Waals surface area contributed by atoms with Crippen LogP contribution in [0.25, 0.3) is 0 Å². The first-order valence-corrected chi connectivity index (χ1v) is 7.06. The Morgan fingerprint density at radius 1 is 1.37 bits per heavy atom. The third kappa shape index (κ3) is 3.28. The van der Waals surface area contributed by atoms with E-state index < -0.39 is 0 Å². The molecule has 1 N–H and O–H groups in total. The molecule has 0 bridgehead atoms. The summed E-state index contributed by atoms with van der Waals surface area (Å²) in [6, 6.07) is 8.08. The van der Waals surface area contributed by atoms with Crippen molar-refractivity contribution in [3.8, 4) is 0 Å². The SMILES string of the molecule is CCOC(=O)c1ccc(NC2CCCC2(C)C)cc1. The summed E-state index contributed by atoms with van der Waals surface area (Å²) >= 11 is 0. The van der Waals surface area contributed by atoms with Crippen LogP contribution in [0.1, 0.15) is 50.4 Å². The molecule has 1 unspecified atom stereocenters.